The number of likely N-dealkylation sites (N-methyl/N-ethyl adjacent to an activating group) is 1. The Hall–Kier alpha value is -1.55. The second kappa shape index (κ2) is 3.49. The molecule has 0 bridgehead atoms. The van der Waals surface area contributed by atoms with Gasteiger partial charge in [-0.2, -0.15) is 0 Å². The molecule has 1 aromatic rings. The average Bonchev–Trinajstić information content (AvgIpc) is 2.08. The summed E-state index contributed by atoms with van der Waals surface area (Å²) in [5.41, 5.74) is 6.85. The molecule has 0 fully saturated rings. The van der Waals surface area contributed by atoms with Crippen molar-refractivity contribution in [3.63, 3.8) is 0 Å². The van der Waals surface area contributed by atoms with Crippen LogP contribution >= 0.6 is 0 Å². The smallest absolute Gasteiger partial charge is 0.0765 e. The summed E-state index contributed by atoms with van der Waals surface area (Å²) in [5, 5.41) is 11.8. The van der Waals surface area contributed by atoms with Crippen LogP contribution in [0.1, 0.15) is 13.8 Å². The number of nitrogen functional groups attached to an aromatic ring is 1. The highest BCUT2D eigenvalue weighted by Crippen LogP contribution is 2.20. The SMILES string of the molecule is CN(CC(C)(C)O)c1cc2c(cc1N)=CN=2. The van der Waals surface area contributed by atoms with Gasteiger partial charge in [0, 0.05) is 25.0 Å². The molecule has 0 radical (unpaired) electrons. The fourth-order valence-electron chi connectivity index (χ4n) is 1.90. The van der Waals surface area contributed by atoms with Crippen molar-refractivity contribution in [2.75, 3.05) is 24.2 Å². The Morgan fingerprint density at radius 3 is 2.62 bits per heavy atom. The van der Waals surface area contributed by atoms with Gasteiger partial charge in [-0.3, -0.25) is 4.99 Å². The Labute approximate surface area is 94.7 Å². The lowest BCUT2D eigenvalue weighted by molar-refractivity contribution is 0.0886. The minimum atomic E-state index is -0.743. The standard InChI is InChI=1S/C12H17N3O/c1-12(2,16)7-15(3)11-5-10-8(6-14-10)4-9(11)13/h4-6,16H,7,13H2,1-3H3. The quantitative estimate of drug-likeness (QED) is 0.695. The van der Waals surface area contributed by atoms with Crippen LogP contribution in [0.3, 0.4) is 0 Å². The number of rotatable bonds is 3. The van der Waals surface area contributed by atoms with Crippen LogP contribution in [0.15, 0.2) is 17.1 Å². The maximum absolute atomic E-state index is 9.77. The van der Waals surface area contributed by atoms with Gasteiger partial charge in [-0.1, -0.05) is 0 Å². The normalized spacial score (nSPS) is 13.2. The van der Waals surface area contributed by atoms with Crippen LogP contribution in [0, 0.1) is 0 Å². The minimum absolute atomic E-state index is 0.527. The maximum Gasteiger partial charge on any atom is 0.0765 e. The summed E-state index contributed by atoms with van der Waals surface area (Å²) in [7, 11) is 1.92. The zero-order chi connectivity index (χ0) is 11.9. The molecule has 1 aliphatic heterocycles. The van der Waals surface area contributed by atoms with Crippen molar-refractivity contribution < 1.29 is 5.11 Å². The van der Waals surface area contributed by atoms with E-state index in [2.05, 4.69) is 4.99 Å². The zero-order valence-electron chi connectivity index (χ0n) is 9.86. The molecule has 0 saturated carbocycles. The van der Waals surface area contributed by atoms with Crippen molar-refractivity contribution in [2.45, 2.75) is 19.4 Å². The third-order valence-corrected chi connectivity index (χ3v) is 2.55. The molecule has 0 spiro atoms. The number of fused-ring (bicyclic) bond motifs is 1. The van der Waals surface area contributed by atoms with Gasteiger partial charge < -0.3 is 15.7 Å². The Morgan fingerprint density at radius 1 is 1.44 bits per heavy atom. The van der Waals surface area contributed by atoms with Crippen molar-refractivity contribution in [1.82, 2.24) is 0 Å². The summed E-state index contributed by atoms with van der Waals surface area (Å²) in [6.07, 6.45) is 1.80. The van der Waals surface area contributed by atoms with E-state index in [9.17, 15) is 5.11 Å². The van der Waals surface area contributed by atoms with E-state index in [0.717, 1.165) is 22.0 Å². The van der Waals surface area contributed by atoms with Gasteiger partial charge in [-0.25, -0.2) is 0 Å². The first-order chi connectivity index (χ1) is 7.37. The van der Waals surface area contributed by atoms with E-state index in [1.54, 1.807) is 20.0 Å². The molecule has 0 atom stereocenters. The van der Waals surface area contributed by atoms with Crippen LogP contribution in [-0.4, -0.2) is 24.3 Å². The van der Waals surface area contributed by atoms with E-state index >= 15 is 0 Å². The van der Waals surface area contributed by atoms with Gasteiger partial charge in [0.2, 0.25) is 0 Å². The number of aliphatic hydroxyl groups is 1. The summed E-state index contributed by atoms with van der Waals surface area (Å²) in [5.74, 6) is 0. The van der Waals surface area contributed by atoms with Crippen LogP contribution in [0.4, 0.5) is 11.4 Å². The molecule has 2 rings (SSSR count). The number of nitrogens with two attached hydrogens (primary N) is 1. The molecule has 1 aliphatic rings. The van der Waals surface area contributed by atoms with Crippen LogP contribution in [0.2, 0.25) is 0 Å². The highest BCUT2D eigenvalue weighted by Gasteiger charge is 2.17. The number of anilines is 2. The maximum atomic E-state index is 9.77. The molecule has 4 nitrogen and oxygen atoms in total. The zero-order valence-corrected chi connectivity index (χ0v) is 9.86. The van der Waals surface area contributed by atoms with E-state index in [1.165, 1.54) is 0 Å². The molecule has 16 heavy (non-hydrogen) atoms. The summed E-state index contributed by atoms with van der Waals surface area (Å²) < 4.78 is 0. The number of hydrogen-bond donors (Lipinski definition) is 2. The summed E-state index contributed by atoms with van der Waals surface area (Å²) in [6, 6.07) is 3.87. The highest BCUT2D eigenvalue weighted by atomic mass is 16.3. The molecular formula is C12H17N3O. The first-order valence-corrected chi connectivity index (χ1v) is 5.28. The molecule has 0 aromatic heterocycles. The third kappa shape index (κ3) is 2.02. The first-order valence-electron chi connectivity index (χ1n) is 5.28. The van der Waals surface area contributed by atoms with E-state index < -0.39 is 5.60 Å². The van der Waals surface area contributed by atoms with Gasteiger partial charge in [-0.15, -0.1) is 0 Å². The van der Waals surface area contributed by atoms with Crippen LogP contribution in [0.5, 0.6) is 0 Å². The molecule has 0 amide bonds. The average molecular weight is 219 g/mol. The molecule has 0 aliphatic carbocycles. The van der Waals surface area contributed by atoms with Crippen molar-refractivity contribution in [2.24, 2.45) is 4.99 Å². The molecule has 1 heterocycles. The van der Waals surface area contributed by atoms with Crippen LogP contribution in [-0.2, 0) is 0 Å². The summed E-state index contributed by atoms with van der Waals surface area (Å²) in [4.78, 5) is 6.09. The molecular weight excluding hydrogens is 202 g/mol. The van der Waals surface area contributed by atoms with Crippen LogP contribution in [0.25, 0.3) is 6.20 Å². The number of hydrogen-bond acceptors (Lipinski definition) is 4. The van der Waals surface area contributed by atoms with E-state index in [-0.39, 0.29) is 0 Å². The third-order valence-electron chi connectivity index (χ3n) is 2.55. The Balaban J connectivity index is 2.31. The van der Waals surface area contributed by atoms with Gasteiger partial charge in [-0.05, 0) is 26.0 Å². The van der Waals surface area contributed by atoms with Crippen molar-refractivity contribution in [3.05, 3.63) is 22.7 Å². The first kappa shape index (κ1) is 11.0. The highest BCUT2D eigenvalue weighted by molar-refractivity contribution is 5.68. The molecule has 1 aromatic carbocycles. The lowest BCUT2D eigenvalue weighted by Gasteiger charge is -2.28. The molecule has 0 saturated heterocycles. The van der Waals surface area contributed by atoms with Crippen molar-refractivity contribution >= 4 is 17.6 Å². The van der Waals surface area contributed by atoms with E-state index in [4.69, 9.17) is 5.73 Å². The topological polar surface area (TPSA) is 61.8 Å². The predicted molar refractivity (Wildman–Crippen MR) is 65.7 cm³/mol. The van der Waals surface area contributed by atoms with Gasteiger partial charge >= 0.3 is 0 Å². The van der Waals surface area contributed by atoms with E-state index in [1.807, 2.05) is 24.1 Å². The summed E-state index contributed by atoms with van der Waals surface area (Å²) >= 11 is 0. The minimum Gasteiger partial charge on any atom is -0.397 e. The Bertz CT molecular complexity index is 528. The number of nitrogens with zero attached hydrogens (tertiary/aromatic N) is 2. The Kier molecular flexibility index (Phi) is 2.39. The molecule has 0 unspecified atom stereocenters. The molecule has 86 valence electrons. The lowest BCUT2D eigenvalue weighted by atomic mass is 10.1. The Morgan fingerprint density at radius 2 is 2.12 bits per heavy atom. The van der Waals surface area contributed by atoms with Gasteiger partial charge in [0.15, 0.2) is 0 Å². The fourth-order valence-corrected chi connectivity index (χ4v) is 1.90. The van der Waals surface area contributed by atoms with Gasteiger partial charge in [0.25, 0.3) is 0 Å². The lowest BCUT2D eigenvalue weighted by Crippen LogP contribution is -2.38. The van der Waals surface area contributed by atoms with Gasteiger partial charge in [0.1, 0.15) is 0 Å². The largest absolute Gasteiger partial charge is 0.397 e. The van der Waals surface area contributed by atoms with Crippen molar-refractivity contribution in [1.29, 1.82) is 0 Å². The summed E-state index contributed by atoms with van der Waals surface area (Å²) in [6.45, 7) is 4.08. The molecule has 3 N–H and O–H groups in total. The second-order valence-electron chi connectivity index (χ2n) is 4.90. The van der Waals surface area contributed by atoms with Crippen LogP contribution < -0.4 is 21.2 Å². The van der Waals surface area contributed by atoms with E-state index in [0.29, 0.717) is 6.54 Å². The monoisotopic (exact) mass is 219 g/mol. The molecule has 4 heteroatoms. The second-order valence-corrected chi connectivity index (χ2v) is 4.90. The van der Waals surface area contributed by atoms with Crippen molar-refractivity contribution in [3.8, 4) is 0 Å². The van der Waals surface area contributed by atoms with Gasteiger partial charge in [0.05, 0.1) is 22.3 Å². The fraction of sp³-hybridized carbons (Fsp3) is 0.417. The number of benzene rings is 1. The predicted octanol–water partition coefficient (Wildman–Crippen LogP) is -0.153.